The fraction of sp³-hybridized carbons (Fsp3) is 0.235. The van der Waals surface area contributed by atoms with Gasteiger partial charge in [0.2, 0.25) is 0 Å². The highest BCUT2D eigenvalue weighted by Gasteiger charge is 2.27. The van der Waals surface area contributed by atoms with Crippen molar-refractivity contribution < 1.29 is 37.1 Å². The van der Waals surface area contributed by atoms with Crippen molar-refractivity contribution in [3.8, 4) is 5.75 Å². The molecule has 148 valence electrons. The predicted molar refractivity (Wildman–Crippen MR) is 96.4 cm³/mol. The summed E-state index contributed by atoms with van der Waals surface area (Å²) >= 11 is 0. The first kappa shape index (κ1) is 20.9. The zero-order valence-electron chi connectivity index (χ0n) is 15.0. The molecule has 11 heteroatoms. The average Bonchev–Trinajstić information content (AvgIpc) is 2.61. The van der Waals surface area contributed by atoms with E-state index in [9.17, 15) is 23.1 Å². The van der Waals surface area contributed by atoms with Crippen molar-refractivity contribution in [2.45, 2.75) is 13.0 Å². The van der Waals surface area contributed by atoms with Crippen LogP contribution in [-0.4, -0.2) is 49.9 Å². The molecule has 10 nitrogen and oxygen atoms in total. The summed E-state index contributed by atoms with van der Waals surface area (Å²) in [7, 11) is -2.64. The van der Waals surface area contributed by atoms with Crippen LogP contribution in [-0.2, 0) is 23.8 Å². The molecule has 28 heavy (non-hydrogen) atoms. The number of nitrogens with zero attached hydrogens (tertiary/aromatic N) is 2. The molecule has 0 bridgehead atoms. The van der Waals surface area contributed by atoms with Crippen LogP contribution in [0.1, 0.15) is 15.9 Å². The molecule has 0 amide bonds. The van der Waals surface area contributed by atoms with E-state index < -0.39 is 22.1 Å². The summed E-state index contributed by atoms with van der Waals surface area (Å²) in [6.07, 6.45) is 3.44. The van der Waals surface area contributed by atoms with Gasteiger partial charge >= 0.3 is 16.1 Å². The topological polar surface area (TPSA) is 152 Å². The molecule has 1 aromatic carbocycles. The van der Waals surface area contributed by atoms with Gasteiger partial charge < -0.3 is 19.1 Å². The number of aryl methyl sites for hydroxylation is 1. The second kappa shape index (κ2) is 8.07. The third kappa shape index (κ3) is 4.64. The zero-order chi connectivity index (χ0) is 21.1. The van der Waals surface area contributed by atoms with Gasteiger partial charge in [0.15, 0.2) is 11.5 Å². The highest BCUT2D eigenvalue weighted by atomic mass is 32.2. The molecule has 0 fully saturated rings. The predicted octanol–water partition coefficient (Wildman–Crippen LogP) is 2.01. The Morgan fingerprint density at radius 2 is 2.00 bits per heavy atom. The fourth-order valence-corrected chi connectivity index (χ4v) is 2.83. The summed E-state index contributed by atoms with van der Waals surface area (Å²) in [5, 5.41) is 26.7. The van der Waals surface area contributed by atoms with E-state index in [0.717, 1.165) is 12.3 Å². The minimum Gasteiger partial charge on any atom is -0.507 e. The molecule has 0 heterocycles. The zero-order valence-corrected chi connectivity index (χ0v) is 15.8. The standard InChI is InChI=1S/C17H16N2O8S/c1-9-6-10(7-11(15(9)21)17(22)23)18-19-13-4-5-14(27-28(3,24)25)16(26-2)12(13)8-20/h4-7,13,21H,1-3H3,(H,22,23). The molecule has 0 radical (unpaired) electrons. The summed E-state index contributed by atoms with van der Waals surface area (Å²) in [5.74, 6) is -0.467. The van der Waals surface area contributed by atoms with Crippen molar-refractivity contribution in [2.75, 3.05) is 13.4 Å². The third-order valence-electron chi connectivity index (χ3n) is 3.56. The van der Waals surface area contributed by atoms with Gasteiger partial charge in [0.1, 0.15) is 28.9 Å². The second-order valence-electron chi connectivity index (χ2n) is 5.68. The minimum atomic E-state index is -3.86. The maximum Gasteiger partial charge on any atom is 0.339 e. The molecule has 1 atom stereocenters. The number of carboxylic acid groups (broad SMARTS) is 1. The fourth-order valence-electron chi connectivity index (χ4n) is 2.37. The van der Waals surface area contributed by atoms with Crippen molar-refractivity contribution >= 4 is 27.7 Å². The van der Waals surface area contributed by atoms with Crippen molar-refractivity contribution in [1.82, 2.24) is 0 Å². The van der Waals surface area contributed by atoms with Crippen LogP contribution >= 0.6 is 0 Å². The van der Waals surface area contributed by atoms with Gasteiger partial charge in [0, 0.05) is 0 Å². The number of carbonyl (C=O) groups excluding carboxylic acids is 1. The highest BCUT2D eigenvalue weighted by molar-refractivity contribution is 7.86. The van der Waals surface area contributed by atoms with Gasteiger partial charge in [0.05, 0.1) is 19.1 Å². The van der Waals surface area contributed by atoms with E-state index in [4.69, 9.17) is 14.0 Å². The summed E-state index contributed by atoms with van der Waals surface area (Å²) < 4.78 is 32.5. The molecular formula is C17H16N2O8S. The molecule has 1 aliphatic carbocycles. The molecule has 1 aliphatic rings. The number of carboxylic acids is 1. The quantitative estimate of drug-likeness (QED) is 0.412. The number of azo groups is 1. The second-order valence-corrected chi connectivity index (χ2v) is 7.26. The number of phenols is 1. The van der Waals surface area contributed by atoms with Gasteiger partial charge in [-0.2, -0.15) is 18.6 Å². The Morgan fingerprint density at radius 1 is 1.32 bits per heavy atom. The Kier molecular flexibility index (Phi) is 6.02. The number of carbonyl (C=O) groups is 1. The number of aromatic hydroxyl groups is 1. The lowest BCUT2D eigenvalue weighted by molar-refractivity contribution is 0.0693. The first-order valence-electron chi connectivity index (χ1n) is 7.66. The summed E-state index contributed by atoms with van der Waals surface area (Å²) in [5.41, 5.74) is -0.0880. The Bertz CT molecular complexity index is 1060. The van der Waals surface area contributed by atoms with Crippen molar-refractivity contribution in [3.05, 3.63) is 52.5 Å². The number of hydrogen-bond acceptors (Lipinski definition) is 9. The Morgan fingerprint density at radius 3 is 2.54 bits per heavy atom. The lowest BCUT2D eigenvalue weighted by Crippen LogP contribution is -2.17. The van der Waals surface area contributed by atoms with Crippen LogP contribution in [0, 0.1) is 6.92 Å². The van der Waals surface area contributed by atoms with Crippen LogP contribution in [0.15, 0.2) is 51.6 Å². The van der Waals surface area contributed by atoms with E-state index in [0.29, 0.717) is 0 Å². The van der Waals surface area contributed by atoms with Crippen LogP contribution in [0.25, 0.3) is 0 Å². The molecule has 2 N–H and O–H groups in total. The van der Waals surface area contributed by atoms with Crippen LogP contribution in [0.5, 0.6) is 5.75 Å². The molecule has 1 aromatic rings. The van der Waals surface area contributed by atoms with Crippen LogP contribution in [0.4, 0.5) is 5.69 Å². The van der Waals surface area contributed by atoms with E-state index in [1.54, 1.807) is 5.94 Å². The van der Waals surface area contributed by atoms with Gasteiger partial charge in [-0.05, 0) is 36.8 Å². The van der Waals surface area contributed by atoms with Crippen LogP contribution < -0.4 is 0 Å². The summed E-state index contributed by atoms with van der Waals surface area (Å²) in [6.45, 7) is 1.50. The number of rotatable bonds is 6. The monoisotopic (exact) mass is 408 g/mol. The van der Waals surface area contributed by atoms with Gasteiger partial charge in [-0.15, -0.1) is 0 Å². The van der Waals surface area contributed by atoms with Crippen LogP contribution in [0.3, 0.4) is 0 Å². The van der Waals surface area contributed by atoms with E-state index in [-0.39, 0.29) is 39.7 Å². The minimum absolute atomic E-state index is 0.132. The molecule has 1 unspecified atom stereocenters. The van der Waals surface area contributed by atoms with E-state index in [2.05, 4.69) is 10.2 Å². The average molecular weight is 408 g/mol. The van der Waals surface area contributed by atoms with Crippen molar-refractivity contribution in [2.24, 2.45) is 10.2 Å². The highest BCUT2D eigenvalue weighted by Crippen LogP contribution is 2.31. The number of hydrogen-bond donors (Lipinski definition) is 2. The SMILES string of the molecule is COC1=C(OS(C)(=O)=O)C=CC(N=Nc2cc(C)c(O)c(C(=O)O)c2)C1=C=O. The van der Waals surface area contributed by atoms with E-state index >= 15 is 0 Å². The normalized spacial score (nSPS) is 17.0. The Balaban J connectivity index is 2.40. The number of benzene rings is 1. The van der Waals surface area contributed by atoms with Gasteiger partial charge in [-0.1, -0.05) is 0 Å². The number of allylic oxidation sites excluding steroid dienone is 1. The molecule has 0 aromatic heterocycles. The van der Waals surface area contributed by atoms with Crippen molar-refractivity contribution in [1.29, 1.82) is 0 Å². The first-order valence-corrected chi connectivity index (χ1v) is 9.48. The van der Waals surface area contributed by atoms with Crippen molar-refractivity contribution in [3.63, 3.8) is 0 Å². The molecule has 0 saturated heterocycles. The number of ether oxygens (including phenoxy) is 1. The number of aromatic carboxylic acids is 1. The summed E-state index contributed by atoms with van der Waals surface area (Å²) in [6, 6.07) is 1.56. The first-order chi connectivity index (χ1) is 13.1. The molecule has 0 spiro atoms. The van der Waals surface area contributed by atoms with Crippen LogP contribution in [0.2, 0.25) is 0 Å². The van der Waals surface area contributed by atoms with Gasteiger partial charge in [0.25, 0.3) is 0 Å². The lowest BCUT2D eigenvalue weighted by atomic mass is 10.0. The summed E-state index contributed by atoms with van der Waals surface area (Å²) in [4.78, 5) is 22.6. The Hall–Kier alpha value is -3.43. The Labute approximate surface area is 160 Å². The largest absolute Gasteiger partial charge is 0.507 e. The van der Waals surface area contributed by atoms with E-state index in [1.165, 1.54) is 32.3 Å². The van der Waals surface area contributed by atoms with Gasteiger partial charge in [-0.3, -0.25) is 0 Å². The lowest BCUT2D eigenvalue weighted by Gasteiger charge is -2.18. The maximum atomic E-state index is 11.4. The van der Waals surface area contributed by atoms with Gasteiger partial charge in [-0.25, -0.2) is 9.59 Å². The third-order valence-corrected chi connectivity index (χ3v) is 4.04. The maximum absolute atomic E-state index is 11.4. The van der Waals surface area contributed by atoms with E-state index in [1.807, 2.05) is 0 Å². The molecular weight excluding hydrogens is 392 g/mol. The smallest absolute Gasteiger partial charge is 0.339 e. The molecule has 2 rings (SSSR count). The number of methoxy groups -OCH3 is 1. The molecule has 0 saturated carbocycles. The molecule has 0 aliphatic heterocycles.